The predicted molar refractivity (Wildman–Crippen MR) is 101 cm³/mol. The third kappa shape index (κ3) is 2.94. The number of hydrogen-bond acceptors (Lipinski definition) is 4. The maximum absolute atomic E-state index is 15.0. The van der Waals surface area contributed by atoms with Crippen LogP contribution in [0.5, 0.6) is 0 Å². The summed E-state index contributed by atoms with van der Waals surface area (Å²) in [5.74, 6) is -1.38. The Balaban J connectivity index is 1.93. The van der Waals surface area contributed by atoms with Crippen molar-refractivity contribution in [2.45, 2.75) is 31.8 Å². The van der Waals surface area contributed by atoms with Crippen LogP contribution < -0.4 is 5.32 Å². The third-order valence-corrected chi connectivity index (χ3v) is 5.88. The largest absolute Gasteiger partial charge is 0.478 e. The average molecular weight is 375 g/mol. The molecule has 0 bridgehead atoms. The molecule has 2 fully saturated rings. The van der Waals surface area contributed by atoms with Crippen molar-refractivity contribution in [2.24, 2.45) is 0 Å². The second-order valence-electron chi connectivity index (χ2n) is 7.05. The summed E-state index contributed by atoms with van der Waals surface area (Å²) in [5, 5.41) is 13.3. The van der Waals surface area contributed by atoms with Gasteiger partial charge in [-0.2, -0.15) is 0 Å². The molecule has 0 radical (unpaired) electrons. The number of aromatic carboxylic acids is 1. The molecule has 1 aliphatic heterocycles. The highest BCUT2D eigenvalue weighted by Crippen LogP contribution is 2.39. The maximum Gasteiger partial charge on any atom is 0.338 e. The molecule has 1 unspecified atom stereocenters. The lowest BCUT2D eigenvalue weighted by Crippen LogP contribution is -2.46. The zero-order valence-electron chi connectivity index (χ0n) is 14.7. The van der Waals surface area contributed by atoms with Crippen molar-refractivity contribution >= 4 is 29.1 Å². The maximum atomic E-state index is 15.0. The number of likely N-dealkylation sites (N-methyl/N-ethyl adjacent to an activating group) is 1. The minimum absolute atomic E-state index is 0.0291. The van der Waals surface area contributed by atoms with Crippen LogP contribution in [0.15, 0.2) is 18.3 Å². The smallest absolute Gasteiger partial charge is 0.338 e. The van der Waals surface area contributed by atoms with Crippen LogP contribution in [-0.2, 0) is 0 Å². The van der Waals surface area contributed by atoms with Crippen LogP contribution in [-0.4, -0.2) is 46.7 Å². The van der Waals surface area contributed by atoms with Crippen molar-refractivity contribution in [1.29, 1.82) is 0 Å². The normalized spacial score (nSPS) is 21.2. The minimum Gasteiger partial charge on any atom is -0.478 e. The monoisotopic (exact) mass is 375 g/mol. The Bertz CT molecular complexity index is 939. The molecule has 1 aromatic carbocycles. The number of pyridine rings is 1. The van der Waals surface area contributed by atoms with Gasteiger partial charge in [0.25, 0.3) is 0 Å². The summed E-state index contributed by atoms with van der Waals surface area (Å²) in [5.41, 5.74) is 1.56. The van der Waals surface area contributed by atoms with Crippen molar-refractivity contribution in [3.05, 3.63) is 39.8 Å². The molecule has 2 aliphatic rings. The number of carboxylic acid groups (broad SMARTS) is 1. The fourth-order valence-corrected chi connectivity index (χ4v) is 4.18. The van der Waals surface area contributed by atoms with E-state index in [2.05, 4.69) is 17.1 Å². The first-order chi connectivity index (χ1) is 12.5. The van der Waals surface area contributed by atoms with Crippen LogP contribution in [0.3, 0.4) is 0 Å². The molecule has 2 aromatic rings. The van der Waals surface area contributed by atoms with E-state index < -0.39 is 5.97 Å². The van der Waals surface area contributed by atoms with Crippen LogP contribution >= 0.6 is 12.2 Å². The molecule has 1 saturated heterocycles. The lowest BCUT2D eigenvalue weighted by Gasteiger charge is -2.36. The molecule has 1 atom stereocenters. The van der Waals surface area contributed by atoms with Gasteiger partial charge in [-0.3, -0.25) is 4.90 Å². The zero-order valence-corrected chi connectivity index (χ0v) is 15.5. The molecule has 26 heavy (non-hydrogen) atoms. The molecular weight excluding hydrogens is 353 g/mol. The van der Waals surface area contributed by atoms with E-state index in [-0.39, 0.29) is 28.0 Å². The van der Waals surface area contributed by atoms with Gasteiger partial charge in [0.15, 0.2) is 0 Å². The van der Waals surface area contributed by atoms with Gasteiger partial charge >= 0.3 is 5.97 Å². The molecule has 138 valence electrons. The van der Waals surface area contributed by atoms with Gasteiger partial charge in [0.1, 0.15) is 5.82 Å². The van der Waals surface area contributed by atoms with Gasteiger partial charge in [0, 0.05) is 42.8 Å². The molecular formula is C19H22FN3O2S. The number of hydrogen-bond donors (Lipinski definition) is 2. The standard InChI is InChI=1S/C19H22FN3O2S/c1-2-22-6-5-21-9-17(22)12-8-16-13(7-15(12)20)18(26)14(19(24)25)10-23(16)11-3-4-11/h7-8,10-11,17,21H,2-6,9H2,1H3,(H,24,25). The predicted octanol–water partition coefficient (Wildman–Crippen LogP) is 3.51. The van der Waals surface area contributed by atoms with E-state index in [1.54, 1.807) is 6.20 Å². The van der Waals surface area contributed by atoms with E-state index in [4.69, 9.17) is 12.2 Å². The number of nitrogens with one attached hydrogen (secondary N) is 1. The third-order valence-electron chi connectivity index (χ3n) is 5.44. The number of benzene rings is 1. The second kappa shape index (κ2) is 6.72. The number of rotatable bonds is 4. The molecule has 2 N–H and O–H groups in total. The van der Waals surface area contributed by atoms with E-state index in [1.807, 2.05) is 10.6 Å². The molecule has 4 rings (SSSR count). The van der Waals surface area contributed by atoms with E-state index in [1.165, 1.54) is 6.07 Å². The number of aromatic nitrogens is 1. The van der Waals surface area contributed by atoms with Gasteiger partial charge in [0.2, 0.25) is 0 Å². The Morgan fingerprint density at radius 1 is 1.42 bits per heavy atom. The molecule has 1 aromatic heterocycles. The van der Waals surface area contributed by atoms with Crippen molar-refractivity contribution in [3.63, 3.8) is 0 Å². The highest BCUT2D eigenvalue weighted by atomic mass is 32.1. The Morgan fingerprint density at radius 3 is 2.85 bits per heavy atom. The topological polar surface area (TPSA) is 57.5 Å². The van der Waals surface area contributed by atoms with Crippen molar-refractivity contribution < 1.29 is 14.3 Å². The van der Waals surface area contributed by atoms with E-state index >= 15 is 4.39 Å². The zero-order chi connectivity index (χ0) is 18.4. The van der Waals surface area contributed by atoms with Crippen LogP contribution in [0, 0.1) is 10.3 Å². The Labute approximate surface area is 156 Å². The van der Waals surface area contributed by atoms with E-state index in [0.29, 0.717) is 17.5 Å². The summed E-state index contributed by atoms with van der Waals surface area (Å²) in [4.78, 5) is 13.8. The fourth-order valence-electron chi connectivity index (χ4n) is 3.88. The van der Waals surface area contributed by atoms with Gasteiger partial charge in [-0.05, 0) is 31.5 Å². The molecule has 7 heteroatoms. The number of fused-ring (bicyclic) bond motifs is 1. The summed E-state index contributed by atoms with van der Waals surface area (Å²) < 4.78 is 17.2. The minimum atomic E-state index is -1.07. The van der Waals surface area contributed by atoms with Gasteiger partial charge in [-0.15, -0.1) is 0 Å². The van der Waals surface area contributed by atoms with Crippen LogP contribution in [0.2, 0.25) is 0 Å². The summed E-state index contributed by atoms with van der Waals surface area (Å²) >= 11 is 5.36. The first-order valence-electron chi connectivity index (χ1n) is 9.07. The number of carbonyl (C=O) groups is 1. The van der Waals surface area contributed by atoms with Crippen LogP contribution in [0.1, 0.15) is 47.8 Å². The van der Waals surface area contributed by atoms with Crippen LogP contribution in [0.4, 0.5) is 4.39 Å². The number of piperazine rings is 1. The van der Waals surface area contributed by atoms with Crippen molar-refractivity contribution in [1.82, 2.24) is 14.8 Å². The Hall–Kier alpha value is -1.83. The molecule has 0 spiro atoms. The number of nitrogens with zero attached hydrogens (tertiary/aromatic N) is 2. The Kier molecular flexibility index (Phi) is 4.54. The number of carboxylic acids is 1. The highest BCUT2D eigenvalue weighted by Gasteiger charge is 2.29. The molecule has 1 aliphatic carbocycles. The SMILES string of the molecule is CCN1CCNCC1c1cc2c(cc1F)c(=S)c(C(=O)O)cn2C1CC1. The fraction of sp³-hybridized carbons (Fsp3) is 0.474. The summed E-state index contributed by atoms with van der Waals surface area (Å²) in [6.07, 6.45) is 3.64. The van der Waals surface area contributed by atoms with Gasteiger partial charge in [-0.1, -0.05) is 19.1 Å². The van der Waals surface area contributed by atoms with Crippen molar-refractivity contribution in [2.75, 3.05) is 26.2 Å². The second-order valence-corrected chi connectivity index (χ2v) is 7.46. The summed E-state index contributed by atoms with van der Waals surface area (Å²) in [7, 11) is 0. The number of halogens is 1. The lowest BCUT2D eigenvalue weighted by molar-refractivity contribution is 0.0695. The first-order valence-corrected chi connectivity index (χ1v) is 9.48. The van der Waals surface area contributed by atoms with E-state index in [9.17, 15) is 9.90 Å². The molecule has 2 heterocycles. The van der Waals surface area contributed by atoms with Crippen LogP contribution in [0.25, 0.3) is 10.9 Å². The van der Waals surface area contributed by atoms with Gasteiger partial charge < -0.3 is 15.0 Å². The highest BCUT2D eigenvalue weighted by molar-refractivity contribution is 7.71. The Morgan fingerprint density at radius 2 is 2.19 bits per heavy atom. The average Bonchev–Trinajstić information content (AvgIpc) is 3.47. The first kappa shape index (κ1) is 17.6. The van der Waals surface area contributed by atoms with E-state index in [0.717, 1.165) is 38.0 Å². The quantitative estimate of drug-likeness (QED) is 0.801. The van der Waals surface area contributed by atoms with Crippen molar-refractivity contribution in [3.8, 4) is 0 Å². The summed E-state index contributed by atoms with van der Waals surface area (Å²) in [6.45, 7) is 5.43. The lowest BCUT2D eigenvalue weighted by atomic mass is 9.99. The molecule has 0 amide bonds. The molecule has 1 saturated carbocycles. The molecule has 5 nitrogen and oxygen atoms in total. The summed E-state index contributed by atoms with van der Waals surface area (Å²) in [6, 6.07) is 3.56. The van der Waals surface area contributed by atoms with Gasteiger partial charge in [-0.25, -0.2) is 9.18 Å². The van der Waals surface area contributed by atoms with Gasteiger partial charge in [0.05, 0.1) is 21.6 Å².